The molecule has 4 heteroatoms. The Labute approximate surface area is 108 Å². The molecule has 1 aromatic heterocycles. The van der Waals surface area contributed by atoms with Crippen LogP contribution in [0.1, 0.15) is 44.8 Å². The highest BCUT2D eigenvalue weighted by molar-refractivity contribution is 5.77. The third kappa shape index (κ3) is 3.35. The summed E-state index contributed by atoms with van der Waals surface area (Å²) in [7, 11) is 0. The zero-order chi connectivity index (χ0) is 13.0. The van der Waals surface area contributed by atoms with Crippen LogP contribution < -0.4 is 5.73 Å². The first kappa shape index (κ1) is 13.1. The minimum atomic E-state index is -0.0852. The van der Waals surface area contributed by atoms with Crippen LogP contribution >= 0.6 is 0 Å². The van der Waals surface area contributed by atoms with E-state index < -0.39 is 0 Å². The van der Waals surface area contributed by atoms with Gasteiger partial charge in [0.2, 0.25) is 5.91 Å². The highest BCUT2D eigenvalue weighted by atomic mass is 16.3. The SMILES string of the molecule is CC(N)CC(=O)N(Cc1ccco1)C1CCCC1. The number of carbonyl (C=O) groups is 1. The summed E-state index contributed by atoms with van der Waals surface area (Å²) in [6.45, 7) is 2.45. The normalized spacial score (nSPS) is 17.9. The molecule has 1 fully saturated rings. The molecule has 1 aliphatic rings. The number of hydrogen-bond acceptors (Lipinski definition) is 3. The maximum atomic E-state index is 12.3. The van der Waals surface area contributed by atoms with Crippen LogP contribution in [0, 0.1) is 0 Å². The van der Waals surface area contributed by atoms with Crippen LogP contribution in [0.5, 0.6) is 0 Å². The van der Waals surface area contributed by atoms with Crippen molar-refractivity contribution in [2.24, 2.45) is 5.73 Å². The molecule has 0 aromatic carbocycles. The minimum Gasteiger partial charge on any atom is -0.467 e. The van der Waals surface area contributed by atoms with Gasteiger partial charge in [0.25, 0.3) is 0 Å². The Balaban J connectivity index is 2.04. The summed E-state index contributed by atoms with van der Waals surface area (Å²) in [5.41, 5.74) is 5.73. The van der Waals surface area contributed by atoms with Crippen molar-refractivity contribution in [3.05, 3.63) is 24.2 Å². The number of rotatable bonds is 5. The smallest absolute Gasteiger partial charge is 0.224 e. The maximum Gasteiger partial charge on any atom is 0.224 e. The van der Waals surface area contributed by atoms with E-state index in [-0.39, 0.29) is 11.9 Å². The predicted molar refractivity (Wildman–Crippen MR) is 69.8 cm³/mol. The molecule has 0 radical (unpaired) electrons. The maximum absolute atomic E-state index is 12.3. The van der Waals surface area contributed by atoms with Crippen molar-refractivity contribution < 1.29 is 9.21 Å². The molecule has 100 valence electrons. The Kier molecular flexibility index (Phi) is 4.42. The van der Waals surface area contributed by atoms with Crippen molar-refractivity contribution in [1.29, 1.82) is 0 Å². The Morgan fingerprint density at radius 3 is 2.83 bits per heavy atom. The van der Waals surface area contributed by atoms with E-state index >= 15 is 0 Å². The number of amides is 1. The van der Waals surface area contributed by atoms with Crippen LogP contribution in [0.4, 0.5) is 0 Å². The average molecular weight is 250 g/mol. The van der Waals surface area contributed by atoms with Gasteiger partial charge >= 0.3 is 0 Å². The van der Waals surface area contributed by atoms with E-state index in [4.69, 9.17) is 10.2 Å². The molecular formula is C14H22N2O2. The van der Waals surface area contributed by atoms with Crippen LogP contribution in [0.2, 0.25) is 0 Å². The highest BCUT2D eigenvalue weighted by Crippen LogP contribution is 2.25. The summed E-state index contributed by atoms with van der Waals surface area (Å²) >= 11 is 0. The Morgan fingerprint density at radius 2 is 2.28 bits per heavy atom. The standard InChI is InChI=1S/C14H22N2O2/c1-11(15)9-14(17)16(12-5-2-3-6-12)10-13-7-4-8-18-13/h4,7-8,11-12H,2-3,5-6,9-10,15H2,1H3. The van der Waals surface area contributed by atoms with Crippen molar-refractivity contribution in [3.8, 4) is 0 Å². The van der Waals surface area contributed by atoms with E-state index in [1.807, 2.05) is 24.0 Å². The minimum absolute atomic E-state index is 0.0852. The van der Waals surface area contributed by atoms with E-state index in [1.54, 1.807) is 6.26 Å². The van der Waals surface area contributed by atoms with Gasteiger partial charge in [0.1, 0.15) is 5.76 Å². The van der Waals surface area contributed by atoms with Gasteiger partial charge in [0, 0.05) is 18.5 Å². The molecule has 0 saturated heterocycles. The Hall–Kier alpha value is -1.29. The lowest BCUT2D eigenvalue weighted by Gasteiger charge is -2.29. The third-order valence-electron chi connectivity index (χ3n) is 3.49. The molecule has 0 spiro atoms. The first-order valence-electron chi connectivity index (χ1n) is 6.74. The average Bonchev–Trinajstić information content (AvgIpc) is 2.98. The van der Waals surface area contributed by atoms with Gasteiger partial charge in [-0.2, -0.15) is 0 Å². The second kappa shape index (κ2) is 6.05. The van der Waals surface area contributed by atoms with Crippen LogP contribution in [0.3, 0.4) is 0 Å². The monoisotopic (exact) mass is 250 g/mol. The third-order valence-corrected chi connectivity index (χ3v) is 3.49. The fraction of sp³-hybridized carbons (Fsp3) is 0.643. The number of nitrogens with two attached hydrogens (primary N) is 1. The van der Waals surface area contributed by atoms with E-state index in [2.05, 4.69) is 0 Å². The molecule has 4 nitrogen and oxygen atoms in total. The quantitative estimate of drug-likeness (QED) is 0.872. The lowest BCUT2D eigenvalue weighted by molar-refractivity contribution is -0.134. The fourth-order valence-electron chi connectivity index (χ4n) is 2.60. The van der Waals surface area contributed by atoms with E-state index in [0.717, 1.165) is 18.6 Å². The van der Waals surface area contributed by atoms with Gasteiger partial charge in [-0.1, -0.05) is 12.8 Å². The summed E-state index contributed by atoms with van der Waals surface area (Å²) in [4.78, 5) is 14.2. The molecule has 18 heavy (non-hydrogen) atoms. The topological polar surface area (TPSA) is 59.5 Å². The van der Waals surface area contributed by atoms with Gasteiger partial charge in [-0.05, 0) is 31.9 Å². The molecule has 1 aromatic rings. The summed E-state index contributed by atoms with van der Waals surface area (Å²) < 4.78 is 5.35. The van der Waals surface area contributed by atoms with Crippen LogP contribution in [0.25, 0.3) is 0 Å². The number of carbonyl (C=O) groups excluding carboxylic acids is 1. The molecule has 1 saturated carbocycles. The van der Waals surface area contributed by atoms with Gasteiger partial charge in [0.15, 0.2) is 0 Å². The van der Waals surface area contributed by atoms with Crippen molar-refractivity contribution in [2.45, 2.75) is 57.7 Å². The van der Waals surface area contributed by atoms with E-state index in [1.165, 1.54) is 12.8 Å². The lowest BCUT2D eigenvalue weighted by Crippen LogP contribution is -2.40. The largest absolute Gasteiger partial charge is 0.467 e. The highest BCUT2D eigenvalue weighted by Gasteiger charge is 2.27. The molecule has 1 atom stereocenters. The number of furan rings is 1. The van der Waals surface area contributed by atoms with E-state index in [0.29, 0.717) is 19.0 Å². The Morgan fingerprint density at radius 1 is 1.56 bits per heavy atom. The number of nitrogens with zero attached hydrogens (tertiary/aromatic N) is 1. The van der Waals surface area contributed by atoms with Crippen molar-refractivity contribution in [3.63, 3.8) is 0 Å². The fourth-order valence-corrected chi connectivity index (χ4v) is 2.60. The second-order valence-electron chi connectivity index (χ2n) is 5.22. The van der Waals surface area contributed by atoms with Crippen LogP contribution in [-0.2, 0) is 11.3 Å². The predicted octanol–water partition coefficient (Wildman–Crippen LogP) is 2.29. The first-order chi connectivity index (χ1) is 8.66. The van der Waals surface area contributed by atoms with Gasteiger partial charge in [0.05, 0.1) is 12.8 Å². The molecular weight excluding hydrogens is 228 g/mol. The summed E-state index contributed by atoms with van der Waals surface area (Å²) in [5.74, 6) is 0.994. The van der Waals surface area contributed by atoms with Gasteiger partial charge in [-0.25, -0.2) is 0 Å². The second-order valence-corrected chi connectivity index (χ2v) is 5.22. The molecule has 1 amide bonds. The molecule has 0 aliphatic heterocycles. The first-order valence-corrected chi connectivity index (χ1v) is 6.74. The van der Waals surface area contributed by atoms with Crippen LogP contribution in [0.15, 0.2) is 22.8 Å². The molecule has 2 N–H and O–H groups in total. The summed E-state index contributed by atoms with van der Waals surface area (Å²) in [5, 5.41) is 0. The zero-order valence-electron chi connectivity index (χ0n) is 11.0. The molecule has 1 unspecified atom stereocenters. The molecule has 1 heterocycles. The summed E-state index contributed by atoms with van der Waals surface area (Å²) in [6, 6.07) is 4.05. The van der Waals surface area contributed by atoms with Gasteiger partial charge in [-0.15, -0.1) is 0 Å². The number of hydrogen-bond donors (Lipinski definition) is 1. The Bertz CT molecular complexity index is 367. The van der Waals surface area contributed by atoms with E-state index in [9.17, 15) is 4.79 Å². The van der Waals surface area contributed by atoms with Gasteiger partial charge < -0.3 is 15.1 Å². The summed E-state index contributed by atoms with van der Waals surface area (Å²) in [6.07, 6.45) is 6.70. The van der Waals surface area contributed by atoms with Crippen molar-refractivity contribution in [1.82, 2.24) is 4.90 Å². The van der Waals surface area contributed by atoms with Crippen LogP contribution in [-0.4, -0.2) is 22.9 Å². The molecule has 1 aliphatic carbocycles. The van der Waals surface area contributed by atoms with Crippen molar-refractivity contribution >= 4 is 5.91 Å². The van der Waals surface area contributed by atoms with Gasteiger partial charge in [-0.3, -0.25) is 4.79 Å². The van der Waals surface area contributed by atoms with Crippen molar-refractivity contribution in [2.75, 3.05) is 0 Å². The molecule has 2 rings (SSSR count). The zero-order valence-corrected chi connectivity index (χ0v) is 11.0. The molecule has 0 bridgehead atoms. The lowest BCUT2D eigenvalue weighted by atomic mass is 10.1.